The predicted molar refractivity (Wildman–Crippen MR) is 40.3 cm³/mol. The average molecular weight is 162 g/mol. The third-order valence-corrected chi connectivity index (χ3v) is 1.35. The fourth-order valence-corrected chi connectivity index (χ4v) is 0.593. The summed E-state index contributed by atoms with van der Waals surface area (Å²) >= 11 is 0. The van der Waals surface area contributed by atoms with Crippen molar-refractivity contribution in [3.8, 4) is 0 Å². The minimum atomic E-state index is -2.76. The molecule has 0 aromatic rings. The van der Waals surface area contributed by atoms with Crippen LogP contribution in [0.2, 0.25) is 0 Å². The largest absolute Gasteiger partial charge is 0.435 e. The van der Waals surface area contributed by atoms with Crippen molar-refractivity contribution < 1.29 is 13.5 Å². The zero-order chi connectivity index (χ0) is 8.85. The van der Waals surface area contributed by atoms with E-state index in [1.807, 2.05) is 6.92 Å². The Balaban J connectivity index is 4.26. The molecule has 0 spiro atoms. The molecule has 0 heterocycles. The standard InChI is InChI=1S/C8H12F2O/c1-4-6(3)7(5-2)11-8(9)10/h5,8H,2,4H2,1,3H3. The van der Waals surface area contributed by atoms with Crippen molar-refractivity contribution in [3.05, 3.63) is 24.0 Å². The smallest absolute Gasteiger partial charge is 0.387 e. The van der Waals surface area contributed by atoms with Crippen molar-refractivity contribution in [1.82, 2.24) is 0 Å². The highest BCUT2D eigenvalue weighted by molar-refractivity contribution is 5.16. The van der Waals surface area contributed by atoms with Crippen LogP contribution in [0.25, 0.3) is 0 Å². The fraction of sp³-hybridized carbons (Fsp3) is 0.500. The minimum absolute atomic E-state index is 0.183. The van der Waals surface area contributed by atoms with Crippen molar-refractivity contribution in [2.24, 2.45) is 0 Å². The number of halogens is 2. The molecule has 0 aliphatic rings. The second kappa shape index (κ2) is 4.88. The van der Waals surface area contributed by atoms with Gasteiger partial charge in [-0.1, -0.05) is 13.5 Å². The Hall–Kier alpha value is -0.860. The molecule has 0 atom stereocenters. The molecule has 0 radical (unpaired) electrons. The van der Waals surface area contributed by atoms with E-state index in [4.69, 9.17) is 0 Å². The molecule has 0 aromatic carbocycles. The van der Waals surface area contributed by atoms with E-state index < -0.39 is 6.61 Å². The lowest BCUT2D eigenvalue weighted by molar-refractivity contribution is -0.0930. The first-order valence-corrected chi connectivity index (χ1v) is 3.38. The molecular weight excluding hydrogens is 150 g/mol. The van der Waals surface area contributed by atoms with Crippen LogP contribution in [0.4, 0.5) is 8.78 Å². The van der Waals surface area contributed by atoms with Gasteiger partial charge in [-0.25, -0.2) is 0 Å². The monoisotopic (exact) mass is 162 g/mol. The van der Waals surface area contributed by atoms with Gasteiger partial charge in [-0.15, -0.1) is 0 Å². The summed E-state index contributed by atoms with van der Waals surface area (Å²) in [4.78, 5) is 0. The van der Waals surface area contributed by atoms with Crippen molar-refractivity contribution in [2.45, 2.75) is 26.9 Å². The maximum Gasteiger partial charge on any atom is 0.387 e. The quantitative estimate of drug-likeness (QED) is 0.456. The molecule has 0 aliphatic carbocycles. The molecule has 1 nitrogen and oxygen atoms in total. The van der Waals surface area contributed by atoms with Crippen molar-refractivity contribution >= 4 is 0 Å². The second-order valence-corrected chi connectivity index (χ2v) is 2.08. The Morgan fingerprint density at radius 1 is 1.64 bits per heavy atom. The van der Waals surface area contributed by atoms with Gasteiger partial charge in [-0.05, 0) is 25.0 Å². The van der Waals surface area contributed by atoms with Crippen LogP contribution in [-0.4, -0.2) is 6.61 Å². The molecule has 0 saturated heterocycles. The predicted octanol–water partition coefficient (Wildman–Crippen LogP) is 3.10. The van der Waals surface area contributed by atoms with Gasteiger partial charge < -0.3 is 4.74 Å². The van der Waals surface area contributed by atoms with Gasteiger partial charge >= 0.3 is 6.61 Å². The molecule has 3 heteroatoms. The molecule has 0 aliphatic heterocycles. The number of hydrogen-bond acceptors (Lipinski definition) is 1. The summed E-state index contributed by atoms with van der Waals surface area (Å²) in [5.74, 6) is 0.183. The van der Waals surface area contributed by atoms with E-state index in [0.717, 1.165) is 5.57 Å². The van der Waals surface area contributed by atoms with Crippen LogP contribution in [0.1, 0.15) is 20.3 Å². The zero-order valence-electron chi connectivity index (χ0n) is 6.73. The average Bonchev–Trinajstić information content (AvgIpc) is 1.98. The molecule has 0 N–H and O–H groups in total. The highest BCUT2D eigenvalue weighted by Gasteiger charge is 2.05. The first kappa shape index (κ1) is 10.1. The second-order valence-electron chi connectivity index (χ2n) is 2.08. The van der Waals surface area contributed by atoms with Crippen LogP contribution in [0.5, 0.6) is 0 Å². The van der Waals surface area contributed by atoms with Crippen LogP contribution in [0.15, 0.2) is 24.0 Å². The van der Waals surface area contributed by atoms with Gasteiger partial charge in [0.25, 0.3) is 0 Å². The molecule has 64 valence electrons. The van der Waals surface area contributed by atoms with E-state index in [2.05, 4.69) is 11.3 Å². The van der Waals surface area contributed by atoms with E-state index in [9.17, 15) is 8.78 Å². The maximum absolute atomic E-state index is 11.7. The third-order valence-electron chi connectivity index (χ3n) is 1.35. The fourth-order valence-electron chi connectivity index (χ4n) is 0.593. The van der Waals surface area contributed by atoms with Crippen LogP contribution >= 0.6 is 0 Å². The summed E-state index contributed by atoms with van der Waals surface area (Å²) in [5, 5.41) is 0. The molecule has 11 heavy (non-hydrogen) atoms. The van der Waals surface area contributed by atoms with Gasteiger partial charge in [0.1, 0.15) is 5.76 Å². The number of allylic oxidation sites excluding steroid dienone is 2. The Morgan fingerprint density at radius 2 is 2.18 bits per heavy atom. The summed E-state index contributed by atoms with van der Waals surface area (Å²) in [6.07, 6.45) is 1.99. The van der Waals surface area contributed by atoms with E-state index in [-0.39, 0.29) is 5.76 Å². The van der Waals surface area contributed by atoms with Crippen LogP contribution in [0, 0.1) is 0 Å². The lowest BCUT2D eigenvalue weighted by Crippen LogP contribution is -1.99. The Morgan fingerprint density at radius 3 is 2.45 bits per heavy atom. The van der Waals surface area contributed by atoms with Crippen molar-refractivity contribution in [1.29, 1.82) is 0 Å². The van der Waals surface area contributed by atoms with E-state index in [0.29, 0.717) is 6.42 Å². The highest BCUT2D eigenvalue weighted by atomic mass is 19.3. The van der Waals surface area contributed by atoms with Gasteiger partial charge in [0.15, 0.2) is 0 Å². The van der Waals surface area contributed by atoms with Gasteiger partial charge in [-0.2, -0.15) is 8.78 Å². The zero-order valence-corrected chi connectivity index (χ0v) is 6.73. The SMILES string of the molecule is C=CC(OC(F)F)=C(C)CC. The van der Waals surface area contributed by atoms with Crippen molar-refractivity contribution in [3.63, 3.8) is 0 Å². The van der Waals surface area contributed by atoms with Crippen LogP contribution in [-0.2, 0) is 4.74 Å². The maximum atomic E-state index is 11.7. The van der Waals surface area contributed by atoms with Gasteiger partial charge in [-0.3, -0.25) is 0 Å². The Bertz CT molecular complexity index is 161. The lowest BCUT2D eigenvalue weighted by atomic mass is 10.2. The van der Waals surface area contributed by atoms with Crippen molar-refractivity contribution in [2.75, 3.05) is 0 Å². The molecule has 0 rings (SSSR count). The molecular formula is C8H12F2O. The summed E-state index contributed by atoms with van der Waals surface area (Å²) in [5.41, 5.74) is 0.778. The number of hydrogen-bond donors (Lipinski definition) is 0. The Kier molecular flexibility index (Phi) is 4.50. The normalized spacial score (nSPS) is 12.8. The Labute approximate surface area is 65.4 Å². The summed E-state index contributed by atoms with van der Waals surface area (Å²) in [7, 11) is 0. The number of ether oxygens (including phenoxy) is 1. The lowest BCUT2D eigenvalue weighted by Gasteiger charge is -2.07. The molecule has 0 fully saturated rings. The summed E-state index contributed by atoms with van der Waals surface area (Å²) in [6, 6.07) is 0. The van der Waals surface area contributed by atoms with Crippen LogP contribution in [0.3, 0.4) is 0 Å². The number of alkyl halides is 2. The number of rotatable bonds is 4. The minimum Gasteiger partial charge on any atom is -0.435 e. The first-order chi connectivity index (χ1) is 5.11. The van der Waals surface area contributed by atoms with Gasteiger partial charge in [0, 0.05) is 0 Å². The third kappa shape index (κ3) is 3.75. The molecule has 0 bridgehead atoms. The topological polar surface area (TPSA) is 9.23 Å². The summed E-state index contributed by atoms with van der Waals surface area (Å²) in [6.45, 7) is 4.21. The van der Waals surface area contributed by atoms with E-state index >= 15 is 0 Å². The molecule has 0 amide bonds. The first-order valence-electron chi connectivity index (χ1n) is 3.38. The molecule has 0 aromatic heterocycles. The summed E-state index contributed by atoms with van der Waals surface area (Å²) < 4.78 is 27.5. The van der Waals surface area contributed by atoms with E-state index in [1.54, 1.807) is 6.92 Å². The van der Waals surface area contributed by atoms with Gasteiger partial charge in [0.05, 0.1) is 0 Å². The molecule has 0 unspecified atom stereocenters. The van der Waals surface area contributed by atoms with E-state index in [1.165, 1.54) is 6.08 Å². The van der Waals surface area contributed by atoms with Gasteiger partial charge in [0.2, 0.25) is 0 Å². The molecule has 0 saturated carbocycles. The van der Waals surface area contributed by atoms with Crippen LogP contribution < -0.4 is 0 Å². The highest BCUT2D eigenvalue weighted by Crippen LogP contribution is 2.13.